The maximum atomic E-state index is 12.5. The van der Waals surface area contributed by atoms with Crippen molar-refractivity contribution in [3.8, 4) is 11.1 Å². The van der Waals surface area contributed by atoms with Crippen LogP contribution in [0.15, 0.2) is 48.5 Å². The number of aryl methyl sites for hydroxylation is 1. The standard InChI is InChI=1S/C25H32O3/c1-3-5-7-9-23(25(27)28)18-24(26)22-16-14-21(15-17-22)20-12-10-19(11-13-20)8-6-4-2/h10-17,23H,3-9,18H2,1-2H3,(H,27,28)/t23-/m1/s1. The van der Waals surface area contributed by atoms with Gasteiger partial charge in [-0.3, -0.25) is 9.59 Å². The number of aliphatic carboxylic acids is 1. The fourth-order valence-corrected chi connectivity index (χ4v) is 3.39. The van der Waals surface area contributed by atoms with Gasteiger partial charge in [-0.05, 0) is 36.0 Å². The van der Waals surface area contributed by atoms with Crippen molar-refractivity contribution in [3.63, 3.8) is 0 Å². The minimum Gasteiger partial charge on any atom is -0.481 e. The van der Waals surface area contributed by atoms with E-state index in [-0.39, 0.29) is 12.2 Å². The third-order valence-corrected chi connectivity index (χ3v) is 5.25. The molecule has 0 spiro atoms. The zero-order valence-corrected chi connectivity index (χ0v) is 17.1. The average molecular weight is 381 g/mol. The van der Waals surface area contributed by atoms with Crippen molar-refractivity contribution < 1.29 is 14.7 Å². The zero-order chi connectivity index (χ0) is 20.4. The van der Waals surface area contributed by atoms with Gasteiger partial charge in [-0.1, -0.05) is 88.1 Å². The smallest absolute Gasteiger partial charge is 0.306 e. The summed E-state index contributed by atoms with van der Waals surface area (Å²) in [6.45, 7) is 4.28. The van der Waals surface area contributed by atoms with Gasteiger partial charge in [0, 0.05) is 12.0 Å². The Morgan fingerprint density at radius 3 is 1.93 bits per heavy atom. The molecule has 0 aromatic heterocycles. The molecule has 0 aliphatic heterocycles. The number of carboxylic acid groups (broad SMARTS) is 1. The van der Waals surface area contributed by atoms with Crippen molar-refractivity contribution in [2.75, 3.05) is 0 Å². The Morgan fingerprint density at radius 2 is 1.39 bits per heavy atom. The molecule has 2 rings (SSSR count). The summed E-state index contributed by atoms with van der Waals surface area (Å²) in [5, 5.41) is 9.39. The van der Waals surface area contributed by atoms with Gasteiger partial charge in [-0.25, -0.2) is 0 Å². The van der Waals surface area contributed by atoms with Crippen LogP contribution < -0.4 is 0 Å². The lowest BCUT2D eigenvalue weighted by molar-refractivity contribution is -0.141. The summed E-state index contributed by atoms with van der Waals surface area (Å²) in [5.41, 5.74) is 4.13. The van der Waals surface area contributed by atoms with Crippen LogP contribution in [0.4, 0.5) is 0 Å². The lowest BCUT2D eigenvalue weighted by Crippen LogP contribution is -2.18. The Bertz CT molecular complexity index is 744. The van der Waals surface area contributed by atoms with Crippen LogP contribution >= 0.6 is 0 Å². The highest BCUT2D eigenvalue weighted by Crippen LogP contribution is 2.23. The fraction of sp³-hybridized carbons (Fsp3) is 0.440. The highest BCUT2D eigenvalue weighted by atomic mass is 16.4. The largest absolute Gasteiger partial charge is 0.481 e. The molecule has 0 heterocycles. The molecular formula is C25H32O3. The van der Waals surface area contributed by atoms with E-state index in [4.69, 9.17) is 0 Å². The third-order valence-electron chi connectivity index (χ3n) is 5.25. The van der Waals surface area contributed by atoms with Crippen LogP contribution in [0, 0.1) is 5.92 Å². The van der Waals surface area contributed by atoms with Crippen LogP contribution in [0.25, 0.3) is 11.1 Å². The van der Waals surface area contributed by atoms with Gasteiger partial charge in [0.15, 0.2) is 5.78 Å². The molecule has 0 saturated carbocycles. The van der Waals surface area contributed by atoms with Crippen molar-refractivity contribution in [1.82, 2.24) is 0 Å². The minimum atomic E-state index is -0.871. The second kappa shape index (κ2) is 11.4. The second-order valence-electron chi connectivity index (χ2n) is 7.54. The van der Waals surface area contributed by atoms with Crippen molar-refractivity contribution >= 4 is 11.8 Å². The highest BCUT2D eigenvalue weighted by molar-refractivity contribution is 5.98. The summed E-state index contributed by atoms with van der Waals surface area (Å²) in [6, 6.07) is 16.1. The van der Waals surface area contributed by atoms with Gasteiger partial charge < -0.3 is 5.11 Å². The molecule has 0 aliphatic carbocycles. The molecular weight excluding hydrogens is 348 g/mol. The molecule has 3 heteroatoms. The van der Waals surface area contributed by atoms with Crippen molar-refractivity contribution in [1.29, 1.82) is 0 Å². The van der Waals surface area contributed by atoms with Gasteiger partial charge in [0.25, 0.3) is 0 Å². The van der Waals surface area contributed by atoms with E-state index < -0.39 is 11.9 Å². The third kappa shape index (κ3) is 6.63. The van der Waals surface area contributed by atoms with E-state index >= 15 is 0 Å². The molecule has 3 nitrogen and oxygen atoms in total. The van der Waals surface area contributed by atoms with Gasteiger partial charge >= 0.3 is 5.97 Å². The molecule has 0 radical (unpaired) electrons. The van der Waals surface area contributed by atoms with Gasteiger partial charge in [0.2, 0.25) is 0 Å². The van der Waals surface area contributed by atoms with Crippen LogP contribution in [0.1, 0.15) is 74.7 Å². The number of unbranched alkanes of at least 4 members (excludes halogenated alkanes) is 3. The molecule has 0 amide bonds. The molecule has 0 fully saturated rings. The van der Waals surface area contributed by atoms with Gasteiger partial charge in [0.05, 0.1) is 5.92 Å². The maximum absolute atomic E-state index is 12.5. The lowest BCUT2D eigenvalue weighted by Gasteiger charge is -2.11. The zero-order valence-electron chi connectivity index (χ0n) is 17.1. The van der Waals surface area contributed by atoms with E-state index in [2.05, 4.69) is 38.1 Å². The second-order valence-corrected chi connectivity index (χ2v) is 7.54. The number of Topliss-reactive ketones (excluding diaryl/α,β-unsaturated/α-hetero) is 1. The SMILES string of the molecule is CCCCC[C@H](CC(=O)c1ccc(-c2ccc(CCCC)cc2)cc1)C(=O)O. The van der Waals surface area contributed by atoms with Crippen LogP contribution in [0.3, 0.4) is 0 Å². The molecule has 1 N–H and O–H groups in total. The van der Waals surface area contributed by atoms with E-state index in [1.807, 2.05) is 24.3 Å². The molecule has 0 bridgehead atoms. The summed E-state index contributed by atoms with van der Waals surface area (Å²) in [6.07, 6.45) is 7.04. The van der Waals surface area contributed by atoms with Gasteiger partial charge in [0.1, 0.15) is 0 Å². The van der Waals surface area contributed by atoms with E-state index in [0.717, 1.165) is 36.8 Å². The fourth-order valence-electron chi connectivity index (χ4n) is 3.39. The number of rotatable bonds is 12. The molecule has 28 heavy (non-hydrogen) atoms. The summed E-state index contributed by atoms with van der Waals surface area (Å²) in [7, 11) is 0. The summed E-state index contributed by atoms with van der Waals surface area (Å²) in [5.74, 6) is -1.55. The number of carboxylic acids is 1. The summed E-state index contributed by atoms with van der Waals surface area (Å²) < 4.78 is 0. The first-order valence-corrected chi connectivity index (χ1v) is 10.5. The molecule has 0 saturated heterocycles. The molecule has 2 aromatic rings. The Kier molecular flexibility index (Phi) is 8.93. The highest BCUT2D eigenvalue weighted by Gasteiger charge is 2.21. The Hall–Kier alpha value is -2.42. The summed E-state index contributed by atoms with van der Waals surface area (Å²) in [4.78, 5) is 24.0. The first-order valence-electron chi connectivity index (χ1n) is 10.5. The topological polar surface area (TPSA) is 54.4 Å². The number of carbonyl (C=O) groups excluding carboxylic acids is 1. The van der Waals surface area contributed by atoms with Gasteiger partial charge in [-0.2, -0.15) is 0 Å². The predicted molar refractivity (Wildman–Crippen MR) is 115 cm³/mol. The van der Waals surface area contributed by atoms with Gasteiger partial charge in [-0.15, -0.1) is 0 Å². The van der Waals surface area contributed by atoms with Crippen molar-refractivity contribution in [3.05, 3.63) is 59.7 Å². The maximum Gasteiger partial charge on any atom is 0.306 e. The monoisotopic (exact) mass is 380 g/mol. The predicted octanol–water partition coefficient (Wildman–Crippen LogP) is 6.55. The first kappa shape index (κ1) is 21.9. The Morgan fingerprint density at radius 1 is 0.821 bits per heavy atom. The number of hydrogen-bond acceptors (Lipinski definition) is 2. The first-order chi connectivity index (χ1) is 13.5. The van der Waals surface area contributed by atoms with Crippen molar-refractivity contribution in [2.24, 2.45) is 5.92 Å². The molecule has 0 unspecified atom stereocenters. The molecule has 2 aromatic carbocycles. The number of hydrogen-bond donors (Lipinski definition) is 1. The number of carbonyl (C=O) groups is 2. The van der Waals surface area contributed by atoms with Crippen LogP contribution in [-0.2, 0) is 11.2 Å². The molecule has 0 aliphatic rings. The van der Waals surface area contributed by atoms with Crippen LogP contribution in [0.2, 0.25) is 0 Å². The van der Waals surface area contributed by atoms with Crippen LogP contribution in [0.5, 0.6) is 0 Å². The summed E-state index contributed by atoms with van der Waals surface area (Å²) >= 11 is 0. The van der Waals surface area contributed by atoms with E-state index in [9.17, 15) is 14.7 Å². The minimum absolute atomic E-state index is 0.0739. The van der Waals surface area contributed by atoms with E-state index in [1.54, 1.807) is 0 Å². The average Bonchev–Trinajstić information content (AvgIpc) is 2.72. The number of ketones is 1. The molecule has 150 valence electrons. The van der Waals surface area contributed by atoms with Crippen LogP contribution in [-0.4, -0.2) is 16.9 Å². The number of benzene rings is 2. The quantitative estimate of drug-likeness (QED) is 0.335. The Labute approximate surface area is 168 Å². The normalized spacial score (nSPS) is 11.9. The van der Waals surface area contributed by atoms with E-state index in [1.165, 1.54) is 18.4 Å². The lowest BCUT2D eigenvalue weighted by atomic mass is 9.92. The van der Waals surface area contributed by atoms with Crippen molar-refractivity contribution in [2.45, 2.75) is 65.2 Å². The molecule has 1 atom stereocenters. The van der Waals surface area contributed by atoms with E-state index in [0.29, 0.717) is 12.0 Å². The Balaban J connectivity index is 2.00.